The van der Waals surface area contributed by atoms with E-state index in [9.17, 15) is 4.79 Å². The molecule has 0 unspecified atom stereocenters. The Morgan fingerprint density at radius 1 is 1.56 bits per heavy atom. The van der Waals surface area contributed by atoms with Crippen molar-refractivity contribution in [2.24, 2.45) is 0 Å². The number of hydrogen-bond donors (Lipinski definition) is 1. The molecular weight excluding hydrogens is 208 g/mol. The average Bonchev–Trinajstić information content (AvgIpc) is 2.60. The predicted molar refractivity (Wildman–Crippen MR) is 58.0 cm³/mol. The summed E-state index contributed by atoms with van der Waals surface area (Å²) in [6.07, 6.45) is 0. The van der Waals surface area contributed by atoms with Crippen LogP contribution in [-0.4, -0.2) is 30.2 Å². The van der Waals surface area contributed by atoms with Crippen molar-refractivity contribution in [3.05, 3.63) is 11.3 Å². The molecule has 0 fully saturated rings. The van der Waals surface area contributed by atoms with E-state index in [0.29, 0.717) is 5.69 Å². The lowest BCUT2D eigenvalue weighted by Crippen LogP contribution is -2.27. The summed E-state index contributed by atoms with van der Waals surface area (Å²) in [4.78, 5) is 12.7. The number of nitrogens with zero attached hydrogens (tertiary/aromatic N) is 3. The van der Waals surface area contributed by atoms with E-state index in [2.05, 4.69) is 10.5 Å². The Bertz CT molecular complexity index is 429. The maximum atomic E-state index is 11.4. The summed E-state index contributed by atoms with van der Waals surface area (Å²) in [5.74, 6) is 0.174. The number of anilines is 1. The molecule has 16 heavy (non-hydrogen) atoms. The van der Waals surface area contributed by atoms with Gasteiger partial charge in [0, 0.05) is 20.0 Å². The van der Waals surface area contributed by atoms with Gasteiger partial charge < -0.3 is 9.42 Å². The highest BCUT2D eigenvalue weighted by molar-refractivity contribution is 5.88. The second kappa shape index (κ2) is 4.66. The van der Waals surface area contributed by atoms with Crippen molar-refractivity contribution in [1.82, 2.24) is 10.1 Å². The molecule has 86 valence electrons. The van der Waals surface area contributed by atoms with E-state index in [4.69, 9.17) is 9.78 Å². The third-order valence-corrected chi connectivity index (χ3v) is 2.00. The van der Waals surface area contributed by atoms with Gasteiger partial charge in [0.2, 0.25) is 0 Å². The zero-order valence-electron chi connectivity index (χ0n) is 9.74. The van der Waals surface area contributed by atoms with Gasteiger partial charge in [-0.05, 0) is 0 Å². The second-order valence-corrected chi connectivity index (χ2v) is 3.86. The van der Waals surface area contributed by atoms with E-state index >= 15 is 0 Å². The van der Waals surface area contributed by atoms with Gasteiger partial charge in [0.25, 0.3) is 5.88 Å². The van der Waals surface area contributed by atoms with Crippen LogP contribution in [-0.2, 0) is 0 Å². The molecule has 0 aliphatic carbocycles. The summed E-state index contributed by atoms with van der Waals surface area (Å²) >= 11 is 0. The Morgan fingerprint density at radius 2 is 2.19 bits per heavy atom. The van der Waals surface area contributed by atoms with Crippen molar-refractivity contribution in [1.29, 1.82) is 5.26 Å². The number of aromatic nitrogens is 1. The van der Waals surface area contributed by atoms with Crippen LogP contribution >= 0.6 is 0 Å². The molecule has 1 heterocycles. The van der Waals surface area contributed by atoms with Gasteiger partial charge in [-0.3, -0.25) is 5.32 Å². The Morgan fingerprint density at radius 3 is 2.62 bits per heavy atom. The highest BCUT2D eigenvalue weighted by Crippen LogP contribution is 2.24. The fraction of sp³-hybridized carbons (Fsp3) is 0.500. The maximum Gasteiger partial charge on any atom is 0.323 e. The zero-order chi connectivity index (χ0) is 12.3. The van der Waals surface area contributed by atoms with Crippen molar-refractivity contribution < 1.29 is 9.32 Å². The van der Waals surface area contributed by atoms with Gasteiger partial charge >= 0.3 is 6.03 Å². The van der Waals surface area contributed by atoms with Crippen molar-refractivity contribution in [3.8, 4) is 6.07 Å². The molecule has 0 bridgehead atoms. The van der Waals surface area contributed by atoms with E-state index in [1.165, 1.54) is 4.90 Å². The molecule has 1 aromatic rings. The van der Waals surface area contributed by atoms with Crippen LogP contribution in [0, 0.1) is 11.3 Å². The van der Waals surface area contributed by atoms with Gasteiger partial charge in [-0.2, -0.15) is 5.26 Å². The van der Waals surface area contributed by atoms with Crippen molar-refractivity contribution in [2.45, 2.75) is 19.8 Å². The summed E-state index contributed by atoms with van der Waals surface area (Å²) in [5, 5.41) is 15.2. The van der Waals surface area contributed by atoms with Crippen LogP contribution in [0.5, 0.6) is 0 Å². The minimum Gasteiger partial charge on any atom is -0.337 e. The lowest BCUT2D eigenvalue weighted by atomic mass is 10.1. The van der Waals surface area contributed by atoms with Crippen molar-refractivity contribution >= 4 is 11.9 Å². The summed E-state index contributed by atoms with van der Waals surface area (Å²) in [6, 6.07) is 1.62. The van der Waals surface area contributed by atoms with E-state index < -0.39 is 0 Å². The van der Waals surface area contributed by atoms with Gasteiger partial charge in [-0.25, -0.2) is 4.79 Å². The lowest BCUT2D eigenvalue weighted by molar-refractivity contribution is 0.229. The molecule has 1 aromatic heterocycles. The molecule has 0 spiro atoms. The fourth-order valence-corrected chi connectivity index (χ4v) is 1.10. The van der Waals surface area contributed by atoms with Crippen molar-refractivity contribution in [2.75, 3.05) is 19.4 Å². The van der Waals surface area contributed by atoms with Crippen LogP contribution in [0.15, 0.2) is 4.52 Å². The van der Waals surface area contributed by atoms with Gasteiger partial charge in [0.1, 0.15) is 17.3 Å². The smallest absolute Gasteiger partial charge is 0.323 e. The highest BCUT2D eigenvalue weighted by atomic mass is 16.5. The van der Waals surface area contributed by atoms with Gasteiger partial charge in [0.05, 0.1) is 0 Å². The summed E-state index contributed by atoms with van der Waals surface area (Å²) < 4.78 is 4.94. The minimum atomic E-state index is -0.358. The number of urea groups is 1. The average molecular weight is 222 g/mol. The lowest BCUT2D eigenvalue weighted by Gasteiger charge is -2.09. The molecule has 6 heteroatoms. The first-order valence-electron chi connectivity index (χ1n) is 4.85. The standard InChI is InChI=1S/C10H14N4O2/c1-6(2)8-7(5-11)9(16-13-8)12-10(15)14(3)4/h6H,1-4H3,(H,12,15). The van der Waals surface area contributed by atoms with Crippen LogP contribution in [0.25, 0.3) is 0 Å². The molecule has 0 saturated carbocycles. The third kappa shape index (κ3) is 2.31. The highest BCUT2D eigenvalue weighted by Gasteiger charge is 2.20. The number of carbonyl (C=O) groups excluding carboxylic acids is 1. The number of amides is 2. The molecule has 0 aliphatic heterocycles. The van der Waals surface area contributed by atoms with E-state index in [-0.39, 0.29) is 23.4 Å². The first kappa shape index (κ1) is 12.0. The van der Waals surface area contributed by atoms with Crippen LogP contribution in [0.3, 0.4) is 0 Å². The Kier molecular flexibility index (Phi) is 3.51. The van der Waals surface area contributed by atoms with E-state index in [1.807, 2.05) is 19.9 Å². The fourth-order valence-electron chi connectivity index (χ4n) is 1.10. The monoisotopic (exact) mass is 222 g/mol. The molecule has 0 saturated heterocycles. The number of nitriles is 1. The molecule has 0 aliphatic rings. The SMILES string of the molecule is CC(C)c1noc(NC(=O)N(C)C)c1C#N. The first-order chi connectivity index (χ1) is 7.47. The molecule has 2 amide bonds. The van der Waals surface area contributed by atoms with Crippen LogP contribution in [0.2, 0.25) is 0 Å². The number of rotatable bonds is 2. The second-order valence-electron chi connectivity index (χ2n) is 3.86. The van der Waals surface area contributed by atoms with Crippen molar-refractivity contribution in [3.63, 3.8) is 0 Å². The molecule has 0 atom stereocenters. The van der Waals surface area contributed by atoms with Gasteiger partial charge in [0.15, 0.2) is 0 Å². The Labute approximate surface area is 93.8 Å². The van der Waals surface area contributed by atoms with Crippen LogP contribution in [0.4, 0.5) is 10.7 Å². The molecule has 1 N–H and O–H groups in total. The van der Waals surface area contributed by atoms with E-state index in [0.717, 1.165) is 0 Å². The van der Waals surface area contributed by atoms with Gasteiger partial charge in [-0.1, -0.05) is 19.0 Å². The number of hydrogen-bond acceptors (Lipinski definition) is 4. The minimum absolute atomic E-state index is 0.0726. The number of nitrogens with one attached hydrogen (secondary N) is 1. The zero-order valence-corrected chi connectivity index (χ0v) is 9.74. The molecule has 1 rings (SSSR count). The predicted octanol–water partition coefficient (Wildman–Crippen LogP) is 1.76. The van der Waals surface area contributed by atoms with Crippen LogP contribution < -0.4 is 5.32 Å². The largest absolute Gasteiger partial charge is 0.337 e. The normalized spacial score (nSPS) is 10.0. The van der Waals surface area contributed by atoms with E-state index in [1.54, 1.807) is 14.1 Å². The Hall–Kier alpha value is -2.03. The van der Waals surface area contributed by atoms with Crippen LogP contribution in [0.1, 0.15) is 31.0 Å². The first-order valence-corrected chi connectivity index (χ1v) is 4.85. The maximum absolute atomic E-state index is 11.4. The number of carbonyl (C=O) groups is 1. The third-order valence-electron chi connectivity index (χ3n) is 2.00. The summed E-state index contributed by atoms with van der Waals surface area (Å²) in [5.41, 5.74) is 0.835. The Balaban J connectivity index is 2.99. The molecule has 0 aromatic carbocycles. The van der Waals surface area contributed by atoms with Gasteiger partial charge in [-0.15, -0.1) is 0 Å². The summed E-state index contributed by atoms with van der Waals surface area (Å²) in [7, 11) is 3.20. The topological polar surface area (TPSA) is 82.2 Å². The quantitative estimate of drug-likeness (QED) is 0.826. The molecule has 6 nitrogen and oxygen atoms in total. The summed E-state index contributed by atoms with van der Waals surface area (Å²) in [6.45, 7) is 3.80. The molecular formula is C10H14N4O2. The molecule has 0 radical (unpaired) electrons.